The van der Waals surface area contributed by atoms with E-state index in [9.17, 15) is 19.2 Å². The molecule has 0 spiro atoms. The molecular weight excluding hydrogens is 544 g/mol. The summed E-state index contributed by atoms with van der Waals surface area (Å²) in [4.78, 5) is 54.7. The molecule has 43 heavy (non-hydrogen) atoms. The van der Waals surface area contributed by atoms with Gasteiger partial charge in [-0.15, -0.1) is 0 Å². The summed E-state index contributed by atoms with van der Waals surface area (Å²) in [5.41, 5.74) is 7.72. The average Bonchev–Trinajstić information content (AvgIpc) is 2.92. The number of aryl methyl sites for hydroxylation is 2. The minimum absolute atomic E-state index is 0.0494. The minimum atomic E-state index is -1.15. The zero-order chi connectivity index (χ0) is 31.9. The van der Waals surface area contributed by atoms with Crippen LogP contribution in [0.1, 0.15) is 76.6 Å². The third-order valence-electron chi connectivity index (χ3n) is 7.25. The second-order valence-electron chi connectivity index (χ2n) is 12.0. The Morgan fingerprint density at radius 2 is 1.63 bits per heavy atom. The molecule has 4 amide bonds. The van der Waals surface area contributed by atoms with Crippen LogP contribution in [0, 0.1) is 13.8 Å². The molecule has 0 saturated carbocycles. The van der Waals surface area contributed by atoms with E-state index in [1.54, 1.807) is 20.8 Å². The Hall–Kier alpha value is -4.40. The monoisotopic (exact) mass is 588 g/mol. The molecule has 230 valence electrons. The number of rotatable bonds is 11. The third-order valence-corrected chi connectivity index (χ3v) is 7.25. The number of alkyl carbamates (subject to hydrolysis) is 1. The van der Waals surface area contributed by atoms with Crippen LogP contribution >= 0.6 is 0 Å². The van der Waals surface area contributed by atoms with Gasteiger partial charge in [-0.1, -0.05) is 61.0 Å². The normalized spacial score (nSPS) is 13.5. The van der Waals surface area contributed by atoms with E-state index in [4.69, 9.17) is 10.5 Å². The quantitative estimate of drug-likeness (QED) is 0.256. The van der Waals surface area contributed by atoms with Crippen LogP contribution in [-0.2, 0) is 19.1 Å². The van der Waals surface area contributed by atoms with E-state index in [1.807, 2.05) is 88.4 Å². The number of carbonyl (C=O) groups excluding carboxylic acids is 4. The van der Waals surface area contributed by atoms with Crippen molar-refractivity contribution in [2.45, 2.75) is 91.5 Å². The van der Waals surface area contributed by atoms with Crippen molar-refractivity contribution in [2.75, 3.05) is 5.32 Å². The highest BCUT2D eigenvalue weighted by molar-refractivity contribution is 6.00. The van der Waals surface area contributed by atoms with E-state index >= 15 is 0 Å². The van der Waals surface area contributed by atoms with Gasteiger partial charge in [0.2, 0.25) is 11.8 Å². The smallest absolute Gasteiger partial charge is 0.408 e. The first-order valence-corrected chi connectivity index (χ1v) is 14.7. The highest BCUT2D eigenvalue weighted by Gasteiger charge is 2.39. The molecule has 0 fully saturated rings. The van der Waals surface area contributed by atoms with E-state index < -0.39 is 47.5 Å². The number of primary amides is 1. The Bertz CT molecular complexity index is 1480. The molecule has 4 N–H and O–H groups in total. The number of nitrogens with two attached hydrogens (primary N) is 1. The SMILES string of the molecule is CCC(C)N(C(=O)C(CCC(N)=O)NC(=O)OC(C)(C)C)C(C(=O)Nc1ccc2ccccc2c1)c1ccc(C)cc1C. The summed E-state index contributed by atoms with van der Waals surface area (Å²) in [5.74, 6) is -1.53. The first kappa shape index (κ1) is 33.1. The molecule has 0 aliphatic carbocycles. The van der Waals surface area contributed by atoms with Crippen molar-refractivity contribution >= 4 is 40.3 Å². The molecule has 0 aromatic heterocycles. The summed E-state index contributed by atoms with van der Waals surface area (Å²) in [6, 6.07) is 16.6. The summed E-state index contributed by atoms with van der Waals surface area (Å²) in [6.07, 6.45) is -0.460. The molecule has 0 aliphatic rings. The van der Waals surface area contributed by atoms with E-state index in [0.717, 1.165) is 21.9 Å². The molecule has 0 radical (unpaired) electrons. The number of nitrogens with one attached hydrogen (secondary N) is 2. The number of nitrogens with zero attached hydrogens (tertiary/aromatic N) is 1. The van der Waals surface area contributed by atoms with Gasteiger partial charge in [0.15, 0.2) is 0 Å². The van der Waals surface area contributed by atoms with Gasteiger partial charge in [0.1, 0.15) is 17.7 Å². The number of ether oxygens (including phenoxy) is 1. The van der Waals surface area contributed by atoms with Gasteiger partial charge in [-0.25, -0.2) is 4.79 Å². The summed E-state index contributed by atoms with van der Waals surface area (Å²) in [7, 11) is 0. The Morgan fingerprint density at radius 3 is 2.23 bits per heavy atom. The summed E-state index contributed by atoms with van der Waals surface area (Å²) < 4.78 is 5.41. The molecular formula is C34H44N4O5. The van der Waals surface area contributed by atoms with Gasteiger partial charge in [-0.05, 0) is 88.4 Å². The third kappa shape index (κ3) is 9.04. The maximum Gasteiger partial charge on any atom is 0.408 e. The maximum absolute atomic E-state index is 14.4. The molecule has 0 saturated heterocycles. The van der Waals surface area contributed by atoms with Crippen molar-refractivity contribution in [3.05, 3.63) is 77.4 Å². The van der Waals surface area contributed by atoms with Crippen LogP contribution < -0.4 is 16.4 Å². The highest BCUT2D eigenvalue weighted by atomic mass is 16.6. The van der Waals surface area contributed by atoms with Gasteiger partial charge >= 0.3 is 6.09 Å². The fourth-order valence-corrected chi connectivity index (χ4v) is 5.00. The molecule has 0 heterocycles. The highest BCUT2D eigenvalue weighted by Crippen LogP contribution is 2.31. The number of hydrogen-bond donors (Lipinski definition) is 3. The minimum Gasteiger partial charge on any atom is -0.444 e. The molecule has 9 heteroatoms. The van der Waals surface area contributed by atoms with Gasteiger partial charge < -0.3 is 26.0 Å². The number of fused-ring (bicyclic) bond motifs is 1. The van der Waals surface area contributed by atoms with Gasteiger partial charge in [-0.2, -0.15) is 0 Å². The second-order valence-corrected chi connectivity index (χ2v) is 12.0. The summed E-state index contributed by atoms with van der Waals surface area (Å²) in [5, 5.41) is 7.67. The summed E-state index contributed by atoms with van der Waals surface area (Å²) in [6.45, 7) is 12.8. The fraction of sp³-hybridized carbons (Fsp3) is 0.412. The van der Waals surface area contributed by atoms with Crippen LogP contribution in [0.25, 0.3) is 10.8 Å². The number of hydrogen-bond acceptors (Lipinski definition) is 5. The Morgan fingerprint density at radius 1 is 0.953 bits per heavy atom. The molecule has 0 aliphatic heterocycles. The number of anilines is 1. The first-order valence-electron chi connectivity index (χ1n) is 14.7. The maximum atomic E-state index is 14.4. The predicted octanol–water partition coefficient (Wildman–Crippen LogP) is 5.92. The van der Waals surface area contributed by atoms with Crippen LogP contribution in [-0.4, -0.2) is 46.4 Å². The zero-order valence-corrected chi connectivity index (χ0v) is 26.2. The van der Waals surface area contributed by atoms with E-state index in [-0.39, 0.29) is 12.8 Å². The van der Waals surface area contributed by atoms with Crippen LogP contribution in [0.3, 0.4) is 0 Å². The molecule has 3 rings (SSSR count). The Labute approximate surface area is 254 Å². The molecule has 3 atom stereocenters. The Balaban J connectivity index is 2.09. The lowest BCUT2D eigenvalue weighted by Crippen LogP contribution is -2.55. The van der Waals surface area contributed by atoms with Crippen molar-refractivity contribution in [2.24, 2.45) is 5.73 Å². The lowest BCUT2D eigenvalue weighted by atomic mass is 9.94. The topological polar surface area (TPSA) is 131 Å². The second kappa shape index (κ2) is 14.2. The van der Waals surface area contributed by atoms with Crippen LogP contribution in [0.2, 0.25) is 0 Å². The largest absolute Gasteiger partial charge is 0.444 e. The van der Waals surface area contributed by atoms with Crippen molar-refractivity contribution < 1.29 is 23.9 Å². The van der Waals surface area contributed by atoms with Crippen LogP contribution in [0.15, 0.2) is 60.7 Å². The molecule has 3 unspecified atom stereocenters. The van der Waals surface area contributed by atoms with Crippen LogP contribution in [0.5, 0.6) is 0 Å². The lowest BCUT2D eigenvalue weighted by Gasteiger charge is -2.38. The van der Waals surface area contributed by atoms with Crippen molar-refractivity contribution in [3.8, 4) is 0 Å². The molecule has 0 bridgehead atoms. The molecule has 9 nitrogen and oxygen atoms in total. The van der Waals surface area contributed by atoms with Gasteiger partial charge in [0, 0.05) is 18.2 Å². The first-order chi connectivity index (χ1) is 20.2. The lowest BCUT2D eigenvalue weighted by molar-refractivity contribution is -0.143. The van der Waals surface area contributed by atoms with Gasteiger partial charge in [0.05, 0.1) is 0 Å². The van der Waals surface area contributed by atoms with Gasteiger partial charge in [-0.3, -0.25) is 14.4 Å². The number of amides is 4. The van der Waals surface area contributed by atoms with Crippen molar-refractivity contribution in [1.82, 2.24) is 10.2 Å². The van der Waals surface area contributed by atoms with Crippen LogP contribution in [0.4, 0.5) is 10.5 Å². The Kier molecular flexibility index (Phi) is 10.9. The van der Waals surface area contributed by atoms with Crippen molar-refractivity contribution in [1.29, 1.82) is 0 Å². The van der Waals surface area contributed by atoms with E-state index in [0.29, 0.717) is 17.7 Å². The van der Waals surface area contributed by atoms with E-state index in [2.05, 4.69) is 10.6 Å². The van der Waals surface area contributed by atoms with E-state index in [1.165, 1.54) is 4.90 Å². The fourth-order valence-electron chi connectivity index (χ4n) is 5.00. The molecule has 3 aromatic carbocycles. The molecule has 3 aromatic rings. The zero-order valence-electron chi connectivity index (χ0n) is 26.2. The standard InChI is InChI=1S/C34H44N4O5/c1-8-23(4)38(32(41)28(17-18-29(35)39)37-33(42)43-34(5,6)7)30(27-16-13-21(2)19-22(27)3)31(40)36-26-15-14-24-11-9-10-12-25(24)20-26/h9-16,19-20,23,28,30H,8,17-18H2,1-7H3,(H2,35,39)(H,36,40)(H,37,42). The average molecular weight is 589 g/mol. The number of benzene rings is 3. The van der Waals surface area contributed by atoms with Crippen molar-refractivity contribution in [3.63, 3.8) is 0 Å². The predicted molar refractivity (Wildman–Crippen MR) is 169 cm³/mol. The number of carbonyl (C=O) groups is 4. The van der Waals surface area contributed by atoms with Gasteiger partial charge in [0.25, 0.3) is 5.91 Å². The summed E-state index contributed by atoms with van der Waals surface area (Å²) >= 11 is 0.